The van der Waals surface area contributed by atoms with Crippen LogP contribution in [0.3, 0.4) is 0 Å². The van der Waals surface area contributed by atoms with Gasteiger partial charge < -0.3 is 15.1 Å². The molecule has 0 aromatic carbocycles. The summed E-state index contributed by atoms with van der Waals surface area (Å²) in [6.45, 7) is 8.14. The smallest absolute Gasteiger partial charge is 0.246 e. The fourth-order valence-electron chi connectivity index (χ4n) is 2.96. The Morgan fingerprint density at radius 1 is 1.26 bits per heavy atom. The van der Waals surface area contributed by atoms with Crippen molar-refractivity contribution >= 4 is 11.8 Å². The lowest BCUT2D eigenvalue weighted by Crippen LogP contribution is -2.65. The number of carbonyl (C=O) groups is 2. The Labute approximate surface area is 115 Å². The maximum atomic E-state index is 12.6. The number of piperazine rings is 1. The highest BCUT2D eigenvalue weighted by atomic mass is 16.2. The molecule has 2 saturated heterocycles. The monoisotopic (exact) mass is 267 g/mol. The first-order valence-corrected chi connectivity index (χ1v) is 7.07. The van der Waals surface area contributed by atoms with Gasteiger partial charge in [-0.05, 0) is 31.8 Å². The van der Waals surface area contributed by atoms with E-state index in [1.807, 2.05) is 20.8 Å². The third kappa shape index (κ3) is 3.08. The second-order valence-electron chi connectivity index (χ2n) is 6.89. The van der Waals surface area contributed by atoms with E-state index in [9.17, 15) is 9.59 Å². The van der Waals surface area contributed by atoms with Gasteiger partial charge in [-0.3, -0.25) is 9.59 Å². The van der Waals surface area contributed by atoms with Gasteiger partial charge in [0.2, 0.25) is 11.8 Å². The predicted molar refractivity (Wildman–Crippen MR) is 73.6 cm³/mol. The fraction of sp³-hybridized carbons (Fsp3) is 0.857. The van der Waals surface area contributed by atoms with Crippen LogP contribution in [0.5, 0.6) is 0 Å². The molecule has 2 aliphatic rings. The van der Waals surface area contributed by atoms with Crippen LogP contribution in [0.4, 0.5) is 0 Å². The van der Waals surface area contributed by atoms with Crippen molar-refractivity contribution in [1.82, 2.24) is 15.1 Å². The molecule has 0 spiro atoms. The van der Waals surface area contributed by atoms with E-state index in [0.717, 1.165) is 25.9 Å². The van der Waals surface area contributed by atoms with Crippen LogP contribution in [0, 0.1) is 5.41 Å². The Morgan fingerprint density at radius 2 is 1.95 bits per heavy atom. The first-order valence-electron chi connectivity index (χ1n) is 7.07. The van der Waals surface area contributed by atoms with Crippen LogP contribution in [-0.4, -0.2) is 60.4 Å². The van der Waals surface area contributed by atoms with Crippen molar-refractivity contribution in [3.05, 3.63) is 0 Å². The van der Waals surface area contributed by atoms with Crippen LogP contribution >= 0.6 is 0 Å². The molecule has 5 heteroatoms. The van der Waals surface area contributed by atoms with E-state index in [1.165, 1.54) is 0 Å². The van der Waals surface area contributed by atoms with E-state index in [1.54, 1.807) is 4.90 Å². The highest BCUT2D eigenvalue weighted by Gasteiger charge is 2.42. The van der Waals surface area contributed by atoms with Gasteiger partial charge in [-0.1, -0.05) is 20.8 Å². The molecular formula is C14H25N3O2. The number of hydrogen-bond donors (Lipinski definition) is 1. The van der Waals surface area contributed by atoms with Gasteiger partial charge in [-0.25, -0.2) is 0 Å². The molecule has 5 nitrogen and oxygen atoms in total. The third-order valence-corrected chi connectivity index (χ3v) is 4.06. The Hall–Kier alpha value is -1.10. The highest BCUT2D eigenvalue weighted by Crippen LogP contribution is 2.26. The van der Waals surface area contributed by atoms with Crippen LogP contribution in [0.2, 0.25) is 0 Å². The van der Waals surface area contributed by atoms with Gasteiger partial charge >= 0.3 is 0 Å². The number of nitrogens with one attached hydrogen (secondary N) is 1. The first kappa shape index (κ1) is 14.3. The SMILES string of the molecule is CN1CCCC(N2CC(=O)NC(C(C)(C)C)C2=O)C1. The van der Waals surface area contributed by atoms with Crippen molar-refractivity contribution in [2.45, 2.75) is 45.7 Å². The van der Waals surface area contributed by atoms with E-state index in [4.69, 9.17) is 0 Å². The summed E-state index contributed by atoms with van der Waals surface area (Å²) in [6.07, 6.45) is 2.09. The molecule has 2 amide bonds. The fourth-order valence-corrected chi connectivity index (χ4v) is 2.96. The Balaban J connectivity index is 2.15. The van der Waals surface area contributed by atoms with E-state index in [0.29, 0.717) is 0 Å². The minimum Gasteiger partial charge on any atom is -0.342 e. The average molecular weight is 267 g/mol. The van der Waals surface area contributed by atoms with Gasteiger partial charge in [0.15, 0.2) is 0 Å². The van der Waals surface area contributed by atoms with E-state index >= 15 is 0 Å². The van der Waals surface area contributed by atoms with Crippen molar-refractivity contribution < 1.29 is 9.59 Å². The number of likely N-dealkylation sites (N-methyl/N-ethyl adjacent to an activating group) is 1. The molecule has 0 aromatic rings. The van der Waals surface area contributed by atoms with Crippen molar-refractivity contribution in [3.63, 3.8) is 0 Å². The largest absolute Gasteiger partial charge is 0.342 e. The lowest BCUT2D eigenvalue weighted by Gasteiger charge is -2.44. The highest BCUT2D eigenvalue weighted by molar-refractivity contribution is 5.95. The van der Waals surface area contributed by atoms with Crippen LogP contribution < -0.4 is 5.32 Å². The molecule has 0 aliphatic carbocycles. The minimum atomic E-state index is -0.402. The summed E-state index contributed by atoms with van der Waals surface area (Å²) < 4.78 is 0. The van der Waals surface area contributed by atoms with Crippen LogP contribution in [0.25, 0.3) is 0 Å². The molecular weight excluding hydrogens is 242 g/mol. The summed E-state index contributed by atoms with van der Waals surface area (Å²) in [4.78, 5) is 28.5. The maximum absolute atomic E-state index is 12.6. The number of likely N-dealkylation sites (tertiary alicyclic amines) is 1. The maximum Gasteiger partial charge on any atom is 0.246 e. The summed E-state index contributed by atoms with van der Waals surface area (Å²) in [5.74, 6) is 0.0418. The summed E-state index contributed by atoms with van der Waals surface area (Å²) >= 11 is 0. The number of carbonyl (C=O) groups excluding carboxylic acids is 2. The van der Waals surface area contributed by atoms with E-state index < -0.39 is 6.04 Å². The molecule has 108 valence electrons. The van der Waals surface area contributed by atoms with Gasteiger partial charge in [-0.15, -0.1) is 0 Å². The Morgan fingerprint density at radius 3 is 2.53 bits per heavy atom. The first-order chi connectivity index (χ1) is 8.79. The van der Waals surface area contributed by atoms with Crippen LogP contribution in [0.1, 0.15) is 33.6 Å². The summed E-state index contributed by atoms with van der Waals surface area (Å²) in [5.41, 5.74) is -0.244. The molecule has 2 rings (SSSR count). The zero-order valence-electron chi connectivity index (χ0n) is 12.4. The minimum absolute atomic E-state index is 0.0345. The molecule has 2 unspecified atom stereocenters. The van der Waals surface area contributed by atoms with Gasteiger partial charge in [0, 0.05) is 12.6 Å². The Kier molecular flexibility index (Phi) is 3.85. The van der Waals surface area contributed by atoms with Gasteiger partial charge in [-0.2, -0.15) is 0 Å². The van der Waals surface area contributed by atoms with Crippen LogP contribution in [-0.2, 0) is 9.59 Å². The zero-order chi connectivity index (χ0) is 14.2. The van der Waals surface area contributed by atoms with Gasteiger partial charge in [0.25, 0.3) is 0 Å². The van der Waals surface area contributed by atoms with Crippen molar-refractivity contribution in [2.75, 3.05) is 26.7 Å². The molecule has 2 aliphatic heterocycles. The predicted octanol–water partition coefficient (Wildman–Crippen LogP) is 0.454. The summed E-state index contributed by atoms with van der Waals surface area (Å²) in [5, 5.41) is 2.84. The molecule has 2 atom stereocenters. The van der Waals surface area contributed by atoms with Gasteiger partial charge in [0.1, 0.15) is 6.04 Å². The normalized spacial score (nSPS) is 30.4. The molecule has 1 N–H and O–H groups in total. The van der Waals surface area contributed by atoms with E-state index in [-0.39, 0.29) is 29.8 Å². The Bertz CT molecular complexity index is 375. The standard InChI is InChI=1S/C14H25N3O2/c1-14(2,3)12-13(19)17(9-11(18)15-12)10-6-5-7-16(4)8-10/h10,12H,5-9H2,1-4H3,(H,15,18). The second kappa shape index (κ2) is 5.12. The number of amides is 2. The molecule has 0 aromatic heterocycles. The zero-order valence-corrected chi connectivity index (χ0v) is 12.4. The summed E-state index contributed by atoms with van der Waals surface area (Å²) in [6, 6.07) is -0.219. The molecule has 0 bridgehead atoms. The topological polar surface area (TPSA) is 52.6 Å². The molecule has 0 radical (unpaired) electrons. The number of hydrogen-bond acceptors (Lipinski definition) is 3. The number of rotatable bonds is 1. The van der Waals surface area contributed by atoms with Crippen molar-refractivity contribution in [3.8, 4) is 0 Å². The third-order valence-electron chi connectivity index (χ3n) is 4.06. The second-order valence-corrected chi connectivity index (χ2v) is 6.89. The van der Waals surface area contributed by atoms with E-state index in [2.05, 4.69) is 17.3 Å². The lowest BCUT2D eigenvalue weighted by molar-refractivity contribution is -0.150. The molecule has 2 heterocycles. The average Bonchev–Trinajstić information content (AvgIpc) is 2.30. The summed E-state index contributed by atoms with van der Waals surface area (Å²) in [7, 11) is 2.07. The molecule has 0 saturated carbocycles. The quantitative estimate of drug-likeness (QED) is 0.750. The van der Waals surface area contributed by atoms with Crippen molar-refractivity contribution in [1.29, 1.82) is 0 Å². The van der Waals surface area contributed by atoms with Crippen LogP contribution in [0.15, 0.2) is 0 Å². The lowest BCUT2D eigenvalue weighted by atomic mass is 9.84. The molecule has 19 heavy (non-hydrogen) atoms. The van der Waals surface area contributed by atoms with Gasteiger partial charge in [0.05, 0.1) is 6.54 Å². The molecule has 2 fully saturated rings. The number of nitrogens with zero attached hydrogens (tertiary/aromatic N) is 2. The number of piperidine rings is 1. The van der Waals surface area contributed by atoms with Crippen molar-refractivity contribution in [2.24, 2.45) is 5.41 Å².